The lowest BCUT2D eigenvalue weighted by Crippen LogP contribution is -2.41. The van der Waals surface area contributed by atoms with Gasteiger partial charge in [0.2, 0.25) is 5.91 Å². The minimum Gasteiger partial charge on any atom is -0.393 e. The highest BCUT2D eigenvalue weighted by molar-refractivity contribution is 5.76. The van der Waals surface area contributed by atoms with Crippen molar-refractivity contribution in [3.63, 3.8) is 0 Å². The highest BCUT2D eigenvalue weighted by atomic mass is 16.3. The number of nitrogens with two attached hydrogens (primary N) is 1. The molecule has 4 nitrogen and oxygen atoms in total. The monoisotopic (exact) mass is 270 g/mol. The van der Waals surface area contributed by atoms with Crippen molar-refractivity contribution in [1.29, 1.82) is 0 Å². The maximum atomic E-state index is 12.2. The van der Waals surface area contributed by atoms with Crippen LogP contribution in [0.5, 0.6) is 0 Å². The summed E-state index contributed by atoms with van der Waals surface area (Å²) in [5.41, 5.74) is 5.76. The van der Waals surface area contributed by atoms with Gasteiger partial charge < -0.3 is 15.7 Å². The fourth-order valence-corrected chi connectivity index (χ4v) is 2.94. The van der Waals surface area contributed by atoms with E-state index in [4.69, 9.17) is 5.73 Å². The van der Waals surface area contributed by atoms with Gasteiger partial charge in [-0.25, -0.2) is 0 Å². The summed E-state index contributed by atoms with van der Waals surface area (Å²) in [5, 5.41) is 9.56. The predicted molar refractivity (Wildman–Crippen MR) is 77.6 cm³/mol. The summed E-state index contributed by atoms with van der Waals surface area (Å²) in [6, 6.07) is 0. The van der Waals surface area contributed by atoms with E-state index in [9.17, 15) is 9.90 Å². The second kappa shape index (κ2) is 7.85. The van der Waals surface area contributed by atoms with Crippen LogP contribution < -0.4 is 5.73 Å². The first-order chi connectivity index (χ1) is 8.93. The SMILES string of the molecule is CC(C)CC(CN)CC(=O)N1CCC(C(C)O)CC1. The largest absolute Gasteiger partial charge is 0.393 e. The Morgan fingerprint density at radius 2 is 1.89 bits per heavy atom. The summed E-state index contributed by atoms with van der Waals surface area (Å²) in [5.74, 6) is 1.48. The maximum Gasteiger partial charge on any atom is 0.222 e. The normalized spacial score (nSPS) is 20.6. The second-order valence-corrected chi connectivity index (χ2v) is 6.39. The number of amides is 1. The fourth-order valence-electron chi connectivity index (χ4n) is 2.94. The number of aliphatic hydroxyl groups is 1. The number of hydrogen-bond acceptors (Lipinski definition) is 3. The number of rotatable bonds is 6. The van der Waals surface area contributed by atoms with E-state index in [2.05, 4.69) is 13.8 Å². The molecule has 4 heteroatoms. The molecule has 1 aliphatic rings. The molecule has 1 rings (SSSR count). The Labute approximate surface area is 117 Å². The number of nitrogens with zero attached hydrogens (tertiary/aromatic N) is 1. The smallest absolute Gasteiger partial charge is 0.222 e. The summed E-state index contributed by atoms with van der Waals surface area (Å²) in [4.78, 5) is 14.2. The van der Waals surface area contributed by atoms with E-state index in [1.54, 1.807) is 0 Å². The quantitative estimate of drug-likeness (QED) is 0.770. The van der Waals surface area contributed by atoms with Gasteiger partial charge in [0.1, 0.15) is 0 Å². The van der Waals surface area contributed by atoms with E-state index in [0.717, 1.165) is 32.4 Å². The molecule has 1 aliphatic heterocycles. The summed E-state index contributed by atoms with van der Waals surface area (Å²) in [6.45, 7) is 8.34. The minimum absolute atomic E-state index is 0.236. The standard InChI is InChI=1S/C15H30N2O2/c1-11(2)8-13(10-16)9-15(19)17-6-4-14(5-7-17)12(3)18/h11-14,18H,4-10,16H2,1-3H3. The van der Waals surface area contributed by atoms with Gasteiger partial charge in [0.25, 0.3) is 0 Å². The zero-order chi connectivity index (χ0) is 14.4. The molecule has 0 bridgehead atoms. The zero-order valence-corrected chi connectivity index (χ0v) is 12.6. The summed E-state index contributed by atoms with van der Waals surface area (Å²) in [6.07, 6.45) is 3.18. The van der Waals surface area contributed by atoms with Crippen molar-refractivity contribution in [3.05, 3.63) is 0 Å². The van der Waals surface area contributed by atoms with E-state index in [0.29, 0.717) is 30.7 Å². The molecule has 3 N–H and O–H groups in total. The first kappa shape index (κ1) is 16.4. The molecule has 0 aliphatic carbocycles. The Kier molecular flexibility index (Phi) is 6.80. The molecule has 0 radical (unpaired) electrons. The lowest BCUT2D eigenvalue weighted by molar-refractivity contribution is -0.134. The summed E-state index contributed by atoms with van der Waals surface area (Å²) in [7, 11) is 0. The van der Waals surface area contributed by atoms with Crippen LogP contribution >= 0.6 is 0 Å². The lowest BCUT2D eigenvalue weighted by atomic mass is 9.90. The van der Waals surface area contributed by atoms with Gasteiger partial charge in [-0.15, -0.1) is 0 Å². The molecule has 1 fully saturated rings. The van der Waals surface area contributed by atoms with Crippen LogP contribution in [0.4, 0.5) is 0 Å². The molecule has 0 aromatic carbocycles. The average molecular weight is 270 g/mol. The number of carbonyl (C=O) groups excluding carboxylic acids is 1. The molecule has 2 unspecified atom stereocenters. The Morgan fingerprint density at radius 3 is 2.32 bits per heavy atom. The van der Waals surface area contributed by atoms with Crippen molar-refractivity contribution in [2.45, 2.75) is 52.6 Å². The summed E-state index contributed by atoms with van der Waals surface area (Å²) < 4.78 is 0. The predicted octanol–water partition coefficient (Wildman–Crippen LogP) is 1.62. The van der Waals surface area contributed by atoms with Crippen LogP contribution in [0.1, 0.15) is 46.5 Å². The van der Waals surface area contributed by atoms with Gasteiger partial charge in [0, 0.05) is 19.5 Å². The van der Waals surface area contributed by atoms with Crippen LogP contribution in [-0.2, 0) is 4.79 Å². The highest BCUT2D eigenvalue weighted by Crippen LogP contribution is 2.22. The van der Waals surface area contributed by atoms with Crippen LogP contribution in [0.25, 0.3) is 0 Å². The molecule has 0 spiro atoms. The van der Waals surface area contributed by atoms with Crippen molar-refractivity contribution in [2.24, 2.45) is 23.5 Å². The van der Waals surface area contributed by atoms with Crippen LogP contribution in [-0.4, -0.2) is 41.7 Å². The Hall–Kier alpha value is -0.610. The number of piperidine rings is 1. The third-order valence-electron chi connectivity index (χ3n) is 4.18. The van der Waals surface area contributed by atoms with Crippen LogP contribution in [0.3, 0.4) is 0 Å². The molecule has 1 heterocycles. The number of aliphatic hydroxyl groups excluding tert-OH is 1. The van der Waals surface area contributed by atoms with Crippen molar-refractivity contribution in [1.82, 2.24) is 4.90 Å². The molecular formula is C15H30N2O2. The Bertz CT molecular complexity index is 271. The minimum atomic E-state index is -0.255. The van der Waals surface area contributed by atoms with Gasteiger partial charge in [-0.3, -0.25) is 4.79 Å². The molecule has 1 amide bonds. The second-order valence-electron chi connectivity index (χ2n) is 6.39. The first-order valence-corrected chi connectivity index (χ1v) is 7.60. The van der Waals surface area contributed by atoms with E-state index in [1.807, 2.05) is 11.8 Å². The van der Waals surface area contributed by atoms with Crippen molar-refractivity contribution in [3.8, 4) is 0 Å². The van der Waals surface area contributed by atoms with E-state index in [1.165, 1.54) is 0 Å². The van der Waals surface area contributed by atoms with E-state index in [-0.39, 0.29) is 12.0 Å². The van der Waals surface area contributed by atoms with Crippen molar-refractivity contribution < 1.29 is 9.90 Å². The fraction of sp³-hybridized carbons (Fsp3) is 0.933. The highest BCUT2D eigenvalue weighted by Gasteiger charge is 2.26. The van der Waals surface area contributed by atoms with Gasteiger partial charge in [-0.2, -0.15) is 0 Å². The molecule has 0 aromatic heterocycles. The van der Waals surface area contributed by atoms with E-state index < -0.39 is 0 Å². The first-order valence-electron chi connectivity index (χ1n) is 7.60. The maximum absolute atomic E-state index is 12.2. The molecule has 0 saturated carbocycles. The third-order valence-corrected chi connectivity index (χ3v) is 4.18. The van der Waals surface area contributed by atoms with Crippen LogP contribution in [0.15, 0.2) is 0 Å². The average Bonchev–Trinajstić information content (AvgIpc) is 2.37. The molecular weight excluding hydrogens is 240 g/mol. The van der Waals surface area contributed by atoms with Crippen LogP contribution in [0, 0.1) is 17.8 Å². The van der Waals surface area contributed by atoms with Gasteiger partial charge in [-0.1, -0.05) is 13.8 Å². The van der Waals surface area contributed by atoms with Gasteiger partial charge in [-0.05, 0) is 50.5 Å². The topological polar surface area (TPSA) is 66.6 Å². The number of likely N-dealkylation sites (tertiary alicyclic amines) is 1. The molecule has 1 saturated heterocycles. The Morgan fingerprint density at radius 1 is 1.32 bits per heavy atom. The molecule has 2 atom stereocenters. The molecule has 19 heavy (non-hydrogen) atoms. The van der Waals surface area contributed by atoms with Gasteiger partial charge >= 0.3 is 0 Å². The number of carbonyl (C=O) groups is 1. The molecule has 112 valence electrons. The van der Waals surface area contributed by atoms with Crippen LogP contribution in [0.2, 0.25) is 0 Å². The van der Waals surface area contributed by atoms with Crippen molar-refractivity contribution >= 4 is 5.91 Å². The van der Waals surface area contributed by atoms with Gasteiger partial charge in [0.05, 0.1) is 6.10 Å². The van der Waals surface area contributed by atoms with E-state index >= 15 is 0 Å². The van der Waals surface area contributed by atoms with Gasteiger partial charge in [0.15, 0.2) is 0 Å². The zero-order valence-electron chi connectivity index (χ0n) is 12.6. The third kappa shape index (κ3) is 5.49. The Balaban J connectivity index is 2.38. The number of hydrogen-bond donors (Lipinski definition) is 2. The summed E-state index contributed by atoms with van der Waals surface area (Å²) >= 11 is 0. The lowest BCUT2D eigenvalue weighted by Gasteiger charge is -2.34. The molecule has 0 aromatic rings. The van der Waals surface area contributed by atoms with Crippen molar-refractivity contribution in [2.75, 3.05) is 19.6 Å².